The van der Waals surface area contributed by atoms with Gasteiger partial charge in [0.25, 0.3) is 0 Å². The van der Waals surface area contributed by atoms with Crippen LogP contribution in [0.2, 0.25) is 0 Å². The molecule has 3 rings (SSSR count). The number of aromatic nitrogens is 1. The average Bonchev–Trinajstić information content (AvgIpc) is 2.99. The van der Waals surface area contributed by atoms with Crippen LogP contribution in [0.3, 0.4) is 0 Å². The molecule has 23 heavy (non-hydrogen) atoms. The summed E-state index contributed by atoms with van der Waals surface area (Å²) in [4.78, 5) is 6.67. The van der Waals surface area contributed by atoms with Crippen molar-refractivity contribution in [1.82, 2.24) is 9.88 Å². The number of benzene rings is 1. The highest BCUT2D eigenvalue weighted by atomic mass is 16.5. The first-order chi connectivity index (χ1) is 11.3. The second-order valence-electron chi connectivity index (χ2n) is 6.17. The average molecular weight is 312 g/mol. The molecule has 0 bridgehead atoms. The Bertz CT molecular complexity index is 645. The van der Waals surface area contributed by atoms with Crippen LogP contribution in [0.4, 0.5) is 0 Å². The maximum Gasteiger partial charge on any atom is 0.138 e. The molecule has 0 aliphatic carbocycles. The Morgan fingerprint density at radius 2 is 2.17 bits per heavy atom. The first kappa shape index (κ1) is 16.0. The molecule has 0 amide bonds. The van der Waals surface area contributed by atoms with E-state index in [0.717, 1.165) is 29.0 Å². The molecule has 1 atom stereocenters. The van der Waals surface area contributed by atoms with Crippen molar-refractivity contribution >= 4 is 0 Å². The van der Waals surface area contributed by atoms with Gasteiger partial charge in [0.1, 0.15) is 12.4 Å². The van der Waals surface area contributed by atoms with E-state index in [4.69, 9.17) is 9.84 Å². The van der Waals surface area contributed by atoms with Crippen molar-refractivity contribution in [3.63, 3.8) is 0 Å². The number of likely N-dealkylation sites (tertiary alicyclic amines) is 1. The largest absolute Gasteiger partial charge is 0.490 e. The molecule has 4 nitrogen and oxygen atoms in total. The molecular weight excluding hydrogens is 288 g/mol. The van der Waals surface area contributed by atoms with E-state index < -0.39 is 0 Å². The predicted molar refractivity (Wildman–Crippen MR) is 91.6 cm³/mol. The highest BCUT2D eigenvalue weighted by Gasteiger charge is 2.21. The van der Waals surface area contributed by atoms with Gasteiger partial charge in [-0.1, -0.05) is 24.3 Å². The number of nitrogens with zero attached hydrogens (tertiary/aromatic N) is 2. The van der Waals surface area contributed by atoms with Crippen molar-refractivity contribution in [3.8, 4) is 16.9 Å². The van der Waals surface area contributed by atoms with Crippen LogP contribution in [0, 0.1) is 0 Å². The molecule has 0 radical (unpaired) electrons. The molecule has 1 aromatic heterocycles. The van der Waals surface area contributed by atoms with E-state index in [1.54, 1.807) is 6.20 Å². The number of rotatable bonds is 6. The van der Waals surface area contributed by atoms with Gasteiger partial charge in [-0.3, -0.25) is 4.98 Å². The Balaban J connectivity index is 1.70. The topological polar surface area (TPSA) is 45.6 Å². The summed E-state index contributed by atoms with van der Waals surface area (Å²) < 4.78 is 5.96. The van der Waals surface area contributed by atoms with Gasteiger partial charge in [-0.2, -0.15) is 0 Å². The Hall–Kier alpha value is -1.91. The van der Waals surface area contributed by atoms with Crippen LogP contribution in [0.1, 0.15) is 18.4 Å². The third kappa shape index (κ3) is 4.09. The fraction of sp³-hybridized carbons (Fsp3) is 0.421. The van der Waals surface area contributed by atoms with E-state index in [1.807, 2.05) is 24.4 Å². The molecular formula is C19H24N2O2. The molecule has 4 heteroatoms. The zero-order valence-electron chi connectivity index (χ0n) is 13.6. The van der Waals surface area contributed by atoms with Crippen LogP contribution in [-0.4, -0.2) is 47.8 Å². The summed E-state index contributed by atoms with van der Waals surface area (Å²) in [6.45, 7) is 2.04. The summed E-state index contributed by atoms with van der Waals surface area (Å²) in [7, 11) is 2.16. The minimum absolute atomic E-state index is 0.166. The zero-order valence-corrected chi connectivity index (χ0v) is 13.6. The zero-order chi connectivity index (χ0) is 16.1. The summed E-state index contributed by atoms with van der Waals surface area (Å²) in [5, 5.41) is 9.08. The normalized spacial score (nSPS) is 18.3. The van der Waals surface area contributed by atoms with Crippen molar-refractivity contribution in [1.29, 1.82) is 0 Å². The molecule has 1 saturated heterocycles. The lowest BCUT2D eigenvalue weighted by atomic mass is 10.0. The maximum atomic E-state index is 9.08. The molecule has 0 saturated carbocycles. The van der Waals surface area contributed by atoms with Gasteiger partial charge in [-0.05, 0) is 50.0 Å². The van der Waals surface area contributed by atoms with E-state index in [2.05, 4.69) is 29.1 Å². The van der Waals surface area contributed by atoms with Crippen LogP contribution in [-0.2, 0) is 6.42 Å². The molecule has 2 aromatic rings. The van der Waals surface area contributed by atoms with Crippen molar-refractivity contribution < 1.29 is 9.84 Å². The van der Waals surface area contributed by atoms with Crippen molar-refractivity contribution in [2.45, 2.75) is 25.3 Å². The predicted octanol–water partition coefficient (Wildman–Crippen LogP) is 2.76. The van der Waals surface area contributed by atoms with Gasteiger partial charge in [-0.15, -0.1) is 0 Å². The summed E-state index contributed by atoms with van der Waals surface area (Å²) >= 11 is 0. The standard InChI is InChI=1S/C19H24N2O2/c1-21-8-3-6-18(21)14-23-19-11-17(12-20-13-19)16-5-2-4-15(10-16)7-9-22/h2,4-5,10-13,18,22H,3,6-9,14H2,1H3/t18-/m1/s1. The van der Waals surface area contributed by atoms with Crippen LogP contribution >= 0.6 is 0 Å². The summed E-state index contributed by atoms with van der Waals surface area (Å²) in [5.41, 5.74) is 3.28. The van der Waals surface area contributed by atoms with Gasteiger partial charge in [0.05, 0.1) is 6.20 Å². The van der Waals surface area contributed by atoms with E-state index in [1.165, 1.54) is 12.8 Å². The molecule has 0 unspecified atom stereocenters. The smallest absolute Gasteiger partial charge is 0.138 e. The second kappa shape index (κ2) is 7.57. The third-order valence-electron chi connectivity index (χ3n) is 4.49. The lowest BCUT2D eigenvalue weighted by molar-refractivity contribution is 0.198. The number of ether oxygens (including phenoxy) is 1. The third-order valence-corrected chi connectivity index (χ3v) is 4.49. The Morgan fingerprint density at radius 3 is 2.96 bits per heavy atom. The second-order valence-corrected chi connectivity index (χ2v) is 6.17. The molecule has 1 N–H and O–H groups in total. The molecule has 1 aliphatic rings. The van der Waals surface area contributed by atoms with E-state index >= 15 is 0 Å². The Morgan fingerprint density at radius 1 is 1.26 bits per heavy atom. The molecule has 0 spiro atoms. The van der Waals surface area contributed by atoms with E-state index in [9.17, 15) is 0 Å². The Kier molecular flexibility index (Phi) is 5.26. The quantitative estimate of drug-likeness (QED) is 0.891. The highest BCUT2D eigenvalue weighted by Crippen LogP contribution is 2.24. The molecule has 122 valence electrons. The minimum atomic E-state index is 0.166. The number of aliphatic hydroxyl groups is 1. The van der Waals surface area contributed by atoms with E-state index in [0.29, 0.717) is 19.1 Å². The van der Waals surface area contributed by atoms with Gasteiger partial charge >= 0.3 is 0 Å². The molecule has 1 fully saturated rings. The lowest BCUT2D eigenvalue weighted by Gasteiger charge is -2.19. The van der Waals surface area contributed by atoms with Crippen molar-refractivity contribution in [3.05, 3.63) is 48.3 Å². The highest BCUT2D eigenvalue weighted by molar-refractivity contribution is 5.64. The molecule has 1 aliphatic heterocycles. The number of hydrogen-bond donors (Lipinski definition) is 1. The van der Waals surface area contributed by atoms with Gasteiger partial charge in [-0.25, -0.2) is 0 Å². The lowest BCUT2D eigenvalue weighted by Crippen LogP contribution is -2.30. The van der Waals surface area contributed by atoms with Crippen LogP contribution in [0.25, 0.3) is 11.1 Å². The van der Waals surface area contributed by atoms with E-state index in [-0.39, 0.29) is 6.61 Å². The van der Waals surface area contributed by atoms with Crippen LogP contribution < -0.4 is 4.74 Å². The van der Waals surface area contributed by atoms with Crippen molar-refractivity contribution in [2.24, 2.45) is 0 Å². The number of aliphatic hydroxyl groups excluding tert-OH is 1. The van der Waals surface area contributed by atoms with Gasteiger partial charge in [0.15, 0.2) is 0 Å². The molecule has 1 aromatic carbocycles. The van der Waals surface area contributed by atoms with Crippen LogP contribution in [0.5, 0.6) is 5.75 Å². The fourth-order valence-corrected chi connectivity index (χ4v) is 3.07. The summed E-state index contributed by atoms with van der Waals surface area (Å²) in [5.74, 6) is 0.815. The summed E-state index contributed by atoms with van der Waals surface area (Å²) in [6, 6.07) is 10.8. The fourth-order valence-electron chi connectivity index (χ4n) is 3.07. The number of pyridine rings is 1. The van der Waals surface area contributed by atoms with Crippen molar-refractivity contribution in [2.75, 3.05) is 26.8 Å². The maximum absolute atomic E-state index is 9.08. The van der Waals surface area contributed by atoms with Gasteiger partial charge < -0.3 is 14.7 Å². The summed E-state index contributed by atoms with van der Waals surface area (Å²) in [6.07, 6.45) is 6.75. The monoisotopic (exact) mass is 312 g/mol. The van der Waals surface area contributed by atoms with Crippen LogP contribution in [0.15, 0.2) is 42.7 Å². The number of hydrogen-bond acceptors (Lipinski definition) is 4. The minimum Gasteiger partial charge on any atom is -0.490 e. The molecule has 2 heterocycles. The van der Waals surface area contributed by atoms with Gasteiger partial charge in [0, 0.05) is 24.4 Å². The number of likely N-dealkylation sites (N-methyl/N-ethyl adjacent to an activating group) is 1. The first-order valence-electron chi connectivity index (χ1n) is 8.24. The van der Waals surface area contributed by atoms with Gasteiger partial charge in [0.2, 0.25) is 0 Å². The first-order valence-corrected chi connectivity index (χ1v) is 8.24. The Labute approximate surface area is 137 Å². The SMILES string of the molecule is CN1CCC[C@@H]1COc1cncc(-c2cccc(CCO)c2)c1.